The van der Waals surface area contributed by atoms with Crippen LogP contribution in [0.15, 0.2) is 0 Å². The van der Waals surface area contributed by atoms with Crippen LogP contribution in [0.25, 0.3) is 0 Å². The van der Waals surface area contributed by atoms with E-state index in [1.807, 2.05) is 6.92 Å². The van der Waals surface area contributed by atoms with Crippen molar-refractivity contribution < 1.29 is 34.5 Å². The van der Waals surface area contributed by atoms with Crippen LogP contribution in [0.2, 0.25) is 0 Å². The predicted octanol–water partition coefficient (Wildman–Crippen LogP) is -1.17. The fourth-order valence-corrected chi connectivity index (χ4v) is 3.57. The van der Waals surface area contributed by atoms with Crippen LogP contribution in [0.3, 0.4) is 0 Å². The lowest BCUT2D eigenvalue weighted by atomic mass is 10.1. The number of carboxylic acids is 3. The van der Waals surface area contributed by atoms with Crippen LogP contribution in [0.5, 0.6) is 0 Å². The highest BCUT2D eigenvalue weighted by atomic mass is 16.4. The maximum atomic E-state index is 11.8. The summed E-state index contributed by atoms with van der Waals surface area (Å²) in [4.78, 5) is 52.4. The molecule has 1 aliphatic rings. The number of carbonyl (C=O) groups is 4. The van der Waals surface area contributed by atoms with E-state index in [0.717, 1.165) is 6.54 Å². The molecular weight excluding hydrogens is 396 g/mol. The minimum Gasteiger partial charge on any atom is -0.480 e. The number of hydrogen-bond donors (Lipinski definition) is 3. The van der Waals surface area contributed by atoms with Crippen molar-refractivity contribution in [2.24, 2.45) is 0 Å². The van der Waals surface area contributed by atoms with E-state index in [0.29, 0.717) is 58.6 Å². The number of likely N-dealkylation sites (N-methyl/N-ethyl adjacent to an activating group) is 1. The molecule has 0 aromatic heterocycles. The Morgan fingerprint density at radius 2 is 1.23 bits per heavy atom. The number of carboxylic acid groups (broad SMARTS) is 3. The largest absolute Gasteiger partial charge is 0.480 e. The fraction of sp³-hybridized carbons (Fsp3) is 0.789. The van der Waals surface area contributed by atoms with Crippen LogP contribution in [-0.4, -0.2) is 137 Å². The molecule has 1 rings (SSSR count). The first-order chi connectivity index (χ1) is 14.3. The second kappa shape index (κ2) is 14.0. The van der Waals surface area contributed by atoms with Gasteiger partial charge in [0.05, 0.1) is 13.1 Å². The lowest BCUT2D eigenvalue weighted by Crippen LogP contribution is -2.51. The molecule has 1 fully saturated rings. The average Bonchev–Trinajstić information content (AvgIpc) is 2.66. The number of aliphatic carboxylic acids is 3. The Bertz CT molecular complexity index is 575. The molecule has 3 N–H and O–H groups in total. The van der Waals surface area contributed by atoms with Gasteiger partial charge >= 0.3 is 17.9 Å². The predicted molar refractivity (Wildman–Crippen MR) is 109 cm³/mol. The van der Waals surface area contributed by atoms with Gasteiger partial charge in [-0.2, -0.15) is 0 Å². The Morgan fingerprint density at radius 1 is 0.800 bits per heavy atom. The van der Waals surface area contributed by atoms with E-state index in [9.17, 15) is 29.4 Å². The Morgan fingerprint density at radius 3 is 1.63 bits per heavy atom. The SMILES string of the molecule is CCN1CCN(CC(=O)O)CCN(CC(=O)O)CCN(C(CCC=O)C(=O)O)CC1. The van der Waals surface area contributed by atoms with Gasteiger partial charge in [0.15, 0.2) is 0 Å². The molecule has 0 amide bonds. The molecule has 0 saturated carbocycles. The van der Waals surface area contributed by atoms with Gasteiger partial charge in [-0.1, -0.05) is 6.92 Å². The van der Waals surface area contributed by atoms with E-state index in [1.165, 1.54) is 0 Å². The molecule has 0 aliphatic carbocycles. The van der Waals surface area contributed by atoms with Gasteiger partial charge in [0, 0.05) is 58.8 Å². The van der Waals surface area contributed by atoms with Gasteiger partial charge < -0.3 is 25.0 Å². The minimum absolute atomic E-state index is 0.114. The summed E-state index contributed by atoms with van der Waals surface area (Å²) >= 11 is 0. The minimum atomic E-state index is -0.996. The topological polar surface area (TPSA) is 142 Å². The maximum Gasteiger partial charge on any atom is 0.320 e. The zero-order valence-corrected chi connectivity index (χ0v) is 17.6. The third-order valence-electron chi connectivity index (χ3n) is 5.32. The standard InChI is InChI=1S/C19H34N4O7/c1-2-20-5-6-21(14-17(25)26)7-8-22(15-18(27)28)10-12-23(11-9-20)16(19(29)30)4-3-13-24/h13,16H,2-12,14-15H2,1H3,(H,25,26)(H,27,28)(H,29,30). The fourth-order valence-electron chi connectivity index (χ4n) is 3.57. The number of aldehydes is 1. The van der Waals surface area contributed by atoms with E-state index in [2.05, 4.69) is 4.90 Å². The quantitative estimate of drug-likeness (QED) is 0.361. The van der Waals surface area contributed by atoms with Gasteiger partial charge in [-0.3, -0.25) is 29.1 Å². The molecule has 0 aromatic carbocycles. The van der Waals surface area contributed by atoms with Crippen LogP contribution in [0, 0.1) is 0 Å². The van der Waals surface area contributed by atoms with Crippen molar-refractivity contribution >= 4 is 24.2 Å². The van der Waals surface area contributed by atoms with Crippen molar-refractivity contribution in [3.63, 3.8) is 0 Å². The molecule has 0 bridgehead atoms. The first-order valence-electron chi connectivity index (χ1n) is 10.3. The van der Waals surface area contributed by atoms with Gasteiger partial charge in [0.2, 0.25) is 0 Å². The van der Waals surface area contributed by atoms with Crippen LogP contribution in [0.4, 0.5) is 0 Å². The highest BCUT2D eigenvalue weighted by molar-refractivity contribution is 5.74. The van der Waals surface area contributed by atoms with E-state index in [-0.39, 0.29) is 25.9 Å². The molecule has 172 valence electrons. The third kappa shape index (κ3) is 10.1. The third-order valence-corrected chi connectivity index (χ3v) is 5.32. The molecule has 11 nitrogen and oxygen atoms in total. The highest BCUT2D eigenvalue weighted by Crippen LogP contribution is 2.09. The number of hydrogen-bond acceptors (Lipinski definition) is 8. The monoisotopic (exact) mass is 430 g/mol. The molecule has 11 heteroatoms. The first-order valence-corrected chi connectivity index (χ1v) is 10.3. The summed E-state index contributed by atoms with van der Waals surface area (Å²) in [5, 5.41) is 28.0. The Labute approximate surface area is 176 Å². The van der Waals surface area contributed by atoms with E-state index in [4.69, 9.17) is 5.11 Å². The van der Waals surface area contributed by atoms with E-state index >= 15 is 0 Å². The van der Waals surface area contributed by atoms with Gasteiger partial charge in [0.25, 0.3) is 0 Å². The molecule has 0 aromatic rings. The number of rotatable bonds is 10. The summed E-state index contributed by atoms with van der Waals surface area (Å²) in [7, 11) is 0. The van der Waals surface area contributed by atoms with Crippen molar-refractivity contribution in [3.8, 4) is 0 Å². The Hall–Kier alpha value is -2.08. The lowest BCUT2D eigenvalue weighted by molar-refractivity contribution is -0.144. The van der Waals surface area contributed by atoms with Gasteiger partial charge in [0.1, 0.15) is 12.3 Å². The second-order valence-corrected chi connectivity index (χ2v) is 7.41. The van der Waals surface area contributed by atoms with Crippen LogP contribution in [-0.2, 0) is 19.2 Å². The average molecular weight is 431 g/mol. The summed E-state index contributed by atoms with van der Waals surface area (Å²) in [5.74, 6) is -2.92. The van der Waals surface area contributed by atoms with Crippen molar-refractivity contribution in [1.82, 2.24) is 19.6 Å². The molecular formula is C19H34N4O7. The lowest BCUT2D eigenvalue weighted by Gasteiger charge is -2.35. The van der Waals surface area contributed by atoms with E-state index in [1.54, 1.807) is 14.7 Å². The second-order valence-electron chi connectivity index (χ2n) is 7.41. The van der Waals surface area contributed by atoms with Crippen LogP contribution >= 0.6 is 0 Å². The summed E-state index contributed by atoms with van der Waals surface area (Å²) in [5.41, 5.74) is 0. The zero-order chi connectivity index (χ0) is 22.5. The molecule has 0 radical (unpaired) electrons. The van der Waals surface area contributed by atoms with Crippen molar-refractivity contribution in [3.05, 3.63) is 0 Å². The molecule has 1 saturated heterocycles. The Kier molecular flexibility index (Phi) is 12.1. The van der Waals surface area contributed by atoms with Gasteiger partial charge in [-0.05, 0) is 13.0 Å². The van der Waals surface area contributed by atoms with Crippen LogP contribution in [0.1, 0.15) is 19.8 Å². The maximum absolute atomic E-state index is 11.8. The molecule has 1 aliphatic heterocycles. The first kappa shape index (κ1) is 26.0. The molecule has 30 heavy (non-hydrogen) atoms. The highest BCUT2D eigenvalue weighted by Gasteiger charge is 2.27. The molecule has 1 atom stereocenters. The zero-order valence-electron chi connectivity index (χ0n) is 17.6. The molecule has 0 spiro atoms. The summed E-state index contributed by atoms with van der Waals surface area (Å²) < 4.78 is 0. The summed E-state index contributed by atoms with van der Waals surface area (Å²) in [6.45, 7) is 6.08. The van der Waals surface area contributed by atoms with Gasteiger partial charge in [-0.25, -0.2) is 0 Å². The van der Waals surface area contributed by atoms with E-state index < -0.39 is 23.9 Å². The normalized spacial score (nSPS) is 20.0. The van der Waals surface area contributed by atoms with Crippen molar-refractivity contribution in [2.45, 2.75) is 25.8 Å². The van der Waals surface area contributed by atoms with Gasteiger partial charge in [-0.15, -0.1) is 0 Å². The summed E-state index contributed by atoms with van der Waals surface area (Å²) in [6.07, 6.45) is 1.06. The summed E-state index contributed by atoms with van der Waals surface area (Å²) in [6, 6.07) is -0.813. The Balaban J connectivity index is 2.99. The molecule has 1 unspecified atom stereocenters. The molecule has 1 heterocycles. The number of nitrogens with zero attached hydrogens (tertiary/aromatic N) is 4. The smallest absolute Gasteiger partial charge is 0.320 e. The number of carbonyl (C=O) groups excluding carboxylic acids is 1. The van der Waals surface area contributed by atoms with Crippen LogP contribution < -0.4 is 0 Å². The van der Waals surface area contributed by atoms with Crippen molar-refractivity contribution in [1.29, 1.82) is 0 Å². The van der Waals surface area contributed by atoms with Crippen molar-refractivity contribution in [2.75, 3.05) is 72.0 Å².